The Morgan fingerprint density at radius 1 is 1.19 bits per heavy atom. The minimum absolute atomic E-state index is 0.0241. The summed E-state index contributed by atoms with van der Waals surface area (Å²) < 4.78 is 27.8. The molecule has 1 heterocycles. The maximum atomic E-state index is 12.6. The zero-order valence-electron chi connectivity index (χ0n) is 15.7. The standard InChI is InChI=1S/C20H25N3O3S/c1-16(24)23-12-10-18-14-19(8-9-20(18)23)27(25,26)21-11-13-22(2)15-17-6-4-3-5-7-17/h3-9,14,21H,10-13,15H2,1-2H3. The number of amides is 1. The number of benzene rings is 2. The van der Waals surface area contributed by atoms with Gasteiger partial charge in [-0.3, -0.25) is 4.79 Å². The lowest BCUT2D eigenvalue weighted by atomic mass is 10.2. The molecule has 0 saturated heterocycles. The first-order chi connectivity index (χ1) is 12.9. The van der Waals surface area contributed by atoms with Crippen LogP contribution in [-0.2, 0) is 27.8 Å². The summed E-state index contributed by atoms with van der Waals surface area (Å²) in [5.41, 5.74) is 2.90. The molecule has 1 aliphatic rings. The van der Waals surface area contributed by atoms with Gasteiger partial charge in [0.15, 0.2) is 0 Å². The zero-order chi connectivity index (χ0) is 19.4. The molecular weight excluding hydrogens is 362 g/mol. The highest BCUT2D eigenvalue weighted by molar-refractivity contribution is 7.89. The Morgan fingerprint density at radius 2 is 1.93 bits per heavy atom. The monoisotopic (exact) mass is 387 g/mol. The molecule has 0 bridgehead atoms. The summed E-state index contributed by atoms with van der Waals surface area (Å²) in [7, 11) is -1.60. The fraction of sp³-hybridized carbons (Fsp3) is 0.350. The topological polar surface area (TPSA) is 69.7 Å². The molecule has 27 heavy (non-hydrogen) atoms. The summed E-state index contributed by atoms with van der Waals surface area (Å²) in [4.78, 5) is 15.6. The van der Waals surface area contributed by atoms with E-state index in [9.17, 15) is 13.2 Å². The lowest BCUT2D eigenvalue weighted by molar-refractivity contribution is -0.116. The Morgan fingerprint density at radius 3 is 2.63 bits per heavy atom. The number of nitrogens with zero attached hydrogens (tertiary/aromatic N) is 2. The molecule has 144 valence electrons. The smallest absolute Gasteiger partial charge is 0.240 e. The second-order valence-corrected chi connectivity index (χ2v) is 8.60. The fourth-order valence-electron chi connectivity index (χ4n) is 3.30. The van der Waals surface area contributed by atoms with Crippen molar-refractivity contribution in [2.45, 2.75) is 24.8 Å². The van der Waals surface area contributed by atoms with Gasteiger partial charge in [0.05, 0.1) is 4.90 Å². The Balaban J connectivity index is 1.58. The van der Waals surface area contributed by atoms with Gasteiger partial charge in [-0.1, -0.05) is 30.3 Å². The molecule has 6 nitrogen and oxygen atoms in total. The second-order valence-electron chi connectivity index (χ2n) is 6.83. The van der Waals surface area contributed by atoms with Crippen LogP contribution in [0.5, 0.6) is 0 Å². The normalized spacial score (nSPS) is 13.8. The highest BCUT2D eigenvalue weighted by atomic mass is 32.2. The molecule has 0 spiro atoms. The average molecular weight is 388 g/mol. The van der Waals surface area contributed by atoms with Crippen molar-refractivity contribution in [1.29, 1.82) is 0 Å². The maximum absolute atomic E-state index is 12.6. The van der Waals surface area contributed by atoms with Gasteiger partial charge < -0.3 is 9.80 Å². The van der Waals surface area contributed by atoms with E-state index in [0.717, 1.165) is 17.8 Å². The van der Waals surface area contributed by atoms with Gasteiger partial charge in [-0.25, -0.2) is 13.1 Å². The van der Waals surface area contributed by atoms with Crippen molar-refractivity contribution in [3.63, 3.8) is 0 Å². The molecule has 0 unspecified atom stereocenters. The van der Waals surface area contributed by atoms with E-state index in [-0.39, 0.29) is 10.8 Å². The summed E-state index contributed by atoms with van der Waals surface area (Å²) >= 11 is 0. The van der Waals surface area contributed by atoms with Crippen molar-refractivity contribution in [1.82, 2.24) is 9.62 Å². The van der Waals surface area contributed by atoms with Crippen LogP contribution in [0.25, 0.3) is 0 Å². The van der Waals surface area contributed by atoms with Crippen molar-refractivity contribution in [3.8, 4) is 0 Å². The molecule has 0 atom stereocenters. The number of fused-ring (bicyclic) bond motifs is 1. The molecule has 1 N–H and O–H groups in total. The number of carbonyl (C=O) groups is 1. The molecular formula is C20H25N3O3S. The predicted molar refractivity (Wildman–Crippen MR) is 106 cm³/mol. The van der Waals surface area contributed by atoms with E-state index in [1.54, 1.807) is 23.1 Å². The zero-order valence-corrected chi connectivity index (χ0v) is 16.5. The summed E-state index contributed by atoms with van der Waals surface area (Å²) in [6.45, 7) is 3.83. The van der Waals surface area contributed by atoms with Crippen LogP contribution in [0.2, 0.25) is 0 Å². The number of hydrogen-bond donors (Lipinski definition) is 1. The van der Waals surface area contributed by atoms with Crippen LogP contribution in [0.1, 0.15) is 18.1 Å². The van der Waals surface area contributed by atoms with Gasteiger partial charge in [-0.15, -0.1) is 0 Å². The van der Waals surface area contributed by atoms with E-state index >= 15 is 0 Å². The van der Waals surface area contributed by atoms with E-state index in [2.05, 4.69) is 21.8 Å². The summed E-state index contributed by atoms with van der Waals surface area (Å²) in [6, 6.07) is 15.0. The van der Waals surface area contributed by atoms with Gasteiger partial charge in [0.1, 0.15) is 0 Å². The number of carbonyl (C=O) groups excluding carboxylic acids is 1. The molecule has 0 saturated carbocycles. The molecule has 0 radical (unpaired) electrons. The Kier molecular flexibility index (Phi) is 5.94. The van der Waals surface area contributed by atoms with Crippen molar-refractivity contribution < 1.29 is 13.2 Å². The first-order valence-electron chi connectivity index (χ1n) is 9.00. The summed E-state index contributed by atoms with van der Waals surface area (Å²) in [5.74, 6) is -0.0241. The number of sulfonamides is 1. The summed E-state index contributed by atoms with van der Waals surface area (Å²) in [6.07, 6.45) is 0.679. The van der Waals surface area contributed by atoms with Crippen LogP contribution in [0.15, 0.2) is 53.4 Å². The molecule has 2 aromatic carbocycles. The largest absolute Gasteiger partial charge is 0.312 e. The van der Waals surface area contributed by atoms with Crippen molar-refractivity contribution in [2.24, 2.45) is 0 Å². The van der Waals surface area contributed by atoms with E-state index < -0.39 is 10.0 Å². The number of anilines is 1. The quantitative estimate of drug-likeness (QED) is 0.789. The minimum Gasteiger partial charge on any atom is -0.312 e. The second kappa shape index (κ2) is 8.21. The highest BCUT2D eigenvalue weighted by Gasteiger charge is 2.24. The number of nitrogens with one attached hydrogen (secondary N) is 1. The van der Waals surface area contributed by atoms with Crippen LogP contribution in [0.3, 0.4) is 0 Å². The third kappa shape index (κ3) is 4.74. The van der Waals surface area contributed by atoms with Gasteiger partial charge in [-0.2, -0.15) is 0 Å². The first-order valence-corrected chi connectivity index (χ1v) is 10.5. The third-order valence-electron chi connectivity index (χ3n) is 4.72. The Bertz CT molecular complexity index is 913. The molecule has 2 aromatic rings. The first kappa shape index (κ1) is 19.5. The number of likely N-dealkylation sites (N-methyl/N-ethyl adjacent to an activating group) is 1. The van der Waals surface area contributed by atoms with Gasteiger partial charge in [0, 0.05) is 38.8 Å². The molecule has 0 fully saturated rings. The highest BCUT2D eigenvalue weighted by Crippen LogP contribution is 2.30. The molecule has 1 aliphatic heterocycles. The SMILES string of the molecule is CC(=O)N1CCc2cc(S(=O)(=O)NCCN(C)Cc3ccccc3)ccc21. The Labute approximate surface area is 160 Å². The average Bonchev–Trinajstić information content (AvgIpc) is 3.06. The van der Waals surface area contributed by atoms with Crippen LogP contribution in [-0.4, -0.2) is 45.9 Å². The van der Waals surface area contributed by atoms with Gasteiger partial charge in [0.25, 0.3) is 0 Å². The molecule has 3 rings (SSSR count). The lowest BCUT2D eigenvalue weighted by Crippen LogP contribution is -2.32. The van der Waals surface area contributed by atoms with Crippen molar-refractivity contribution >= 4 is 21.6 Å². The predicted octanol–water partition coefficient (Wildman–Crippen LogP) is 2.01. The van der Waals surface area contributed by atoms with E-state index in [1.165, 1.54) is 12.5 Å². The molecule has 0 aliphatic carbocycles. The van der Waals surface area contributed by atoms with E-state index in [1.807, 2.05) is 25.2 Å². The van der Waals surface area contributed by atoms with Crippen LogP contribution >= 0.6 is 0 Å². The van der Waals surface area contributed by atoms with Crippen LogP contribution < -0.4 is 9.62 Å². The molecule has 1 amide bonds. The molecule has 0 aromatic heterocycles. The minimum atomic E-state index is -3.57. The molecule has 7 heteroatoms. The van der Waals surface area contributed by atoms with E-state index in [4.69, 9.17) is 0 Å². The maximum Gasteiger partial charge on any atom is 0.240 e. The van der Waals surface area contributed by atoms with Crippen LogP contribution in [0, 0.1) is 0 Å². The van der Waals surface area contributed by atoms with Crippen LogP contribution in [0.4, 0.5) is 5.69 Å². The van der Waals surface area contributed by atoms with Crippen molar-refractivity contribution in [2.75, 3.05) is 31.6 Å². The number of rotatable bonds is 7. The third-order valence-corrected chi connectivity index (χ3v) is 6.18. The number of hydrogen-bond acceptors (Lipinski definition) is 4. The fourth-order valence-corrected chi connectivity index (χ4v) is 4.37. The van der Waals surface area contributed by atoms with E-state index in [0.29, 0.717) is 26.1 Å². The van der Waals surface area contributed by atoms with Crippen molar-refractivity contribution in [3.05, 3.63) is 59.7 Å². The van der Waals surface area contributed by atoms with Gasteiger partial charge in [0.2, 0.25) is 15.9 Å². The van der Waals surface area contributed by atoms with Gasteiger partial charge >= 0.3 is 0 Å². The lowest BCUT2D eigenvalue weighted by Gasteiger charge is -2.17. The van der Waals surface area contributed by atoms with Gasteiger partial charge in [-0.05, 0) is 42.8 Å². The summed E-state index contributed by atoms with van der Waals surface area (Å²) in [5, 5.41) is 0. The Hall–Kier alpha value is -2.22.